The van der Waals surface area contributed by atoms with Gasteiger partial charge in [-0.2, -0.15) is 0 Å². The van der Waals surface area contributed by atoms with Crippen LogP contribution in [-0.4, -0.2) is 44.5 Å². The zero-order valence-electron chi connectivity index (χ0n) is 12.6. The average molecular weight is 316 g/mol. The van der Waals surface area contributed by atoms with Crippen molar-refractivity contribution in [3.8, 4) is 0 Å². The molecule has 5 nitrogen and oxygen atoms in total. The number of halogens is 1. The standard InChI is InChI=1S/C15H22ClNO4/c1-3-5-13-10-12(11-14(16)17-13)15(18)21-7-4-6-20-9-8-19-2/h10-11H,3-9H2,1-2H3. The Hall–Kier alpha value is -1.17. The Bertz CT molecular complexity index is 440. The highest BCUT2D eigenvalue weighted by molar-refractivity contribution is 6.29. The van der Waals surface area contributed by atoms with Crippen LogP contribution >= 0.6 is 11.6 Å². The molecule has 0 aromatic carbocycles. The molecule has 0 unspecified atom stereocenters. The number of methoxy groups -OCH3 is 1. The largest absolute Gasteiger partial charge is 0.462 e. The van der Waals surface area contributed by atoms with Crippen molar-refractivity contribution in [2.24, 2.45) is 0 Å². The monoisotopic (exact) mass is 315 g/mol. The molecule has 0 aliphatic heterocycles. The number of carbonyl (C=O) groups is 1. The first-order valence-corrected chi connectivity index (χ1v) is 7.45. The van der Waals surface area contributed by atoms with E-state index in [1.165, 1.54) is 6.07 Å². The summed E-state index contributed by atoms with van der Waals surface area (Å²) in [4.78, 5) is 16.1. The van der Waals surface area contributed by atoms with Crippen LogP contribution in [0.25, 0.3) is 0 Å². The van der Waals surface area contributed by atoms with Gasteiger partial charge in [-0.25, -0.2) is 9.78 Å². The molecule has 118 valence electrons. The second kappa shape index (κ2) is 10.5. The summed E-state index contributed by atoms with van der Waals surface area (Å²) >= 11 is 5.91. The van der Waals surface area contributed by atoms with Crippen molar-refractivity contribution in [3.05, 3.63) is 28.5 Å². The number of pyridine rings is 1. The second-order valence-corrected chi connectivity index (χ2v) is 4.90. The Morgan fingerprint density at radius 1 is 1.24 bits per heavy atom. The van der Waals surface area contributed by atoms with Gasteiger partial charge >= 0.3 is 5.97 Å². The summed E-state index contributed by atoms with van der Waals surface area (Å²) in [5, 5.41) is 0.316. The molecule has 0 fully saturated rings. The summed E-state index contributed by atoms with van der Waals surface area (Å²) in [5.74, 6) is -0.381. The zero-order valence-corrected chi connectivity index (χ0v) is 13.3. The number of hydrogen-bond acceptors (Lipinski definition) is 5. The van der Waals surface area contributed by atoms with Crippen molar-refractivity contribution >= 4 is 17.6 Å². The smallest absolute Gasteiger partial charge is 0.338 e. The van der Waals surface area contributed by atoms with Crippen LogP contribution in [0, 0.1) is 0 Å². The van der Waals surface area contributed by atoms with Gasteiger partial charge in [-0.15, -0.1) is 0 Å². The topological polar surface area (TPSA) is 57.7 Å². The Kier molecular flexibility index (Phi) is 8.98. The van der Waals surface area contributed by atoms with E-state index in [2.05, 4.69) is 4.98 Å². The quantitative estimate of drug-likeness (QED) is 0.377. The van der Waals surface area contributed by atoms with E-state index in [1.54, 1.807) is 13.2 Å². The van der Waals surface area contributed by atoms with Crippen LogP contribution in [0.4, 0.5) is 0 Å². The number of aromatic nitrogens is 1. The van der Waals surface area contributed by atoms with Gasteiger partial charge in [-0.05, 0) is 18.6 Å². The van der Waals surface area contributed by atoms with Gasteiger partial charge in [-0.1, -0.05) is 24.9 Å². The molecule has 0 saturated heterocycles. The lowest BCUT2D eigenvalue weighted by Crippen LogP contribution is -2.10. The number of ether oxygens (including phenoxy) is 3. The molecule has 0 spiro atoms. The average Bonchev–Trinajstić information content (AvgIpc) is 2.46. The summed E-state index contributed by atoms with van der Waals surface area (Å²) in [6, 6.07) is 3.25. The Balaban J connectivity index is 2.34. The molecule has 0 radical (unpaired) electrons. The molecule has 0 bridgehead atoms. The SMILES string of the molecule is CCCc1cc(C(=O)OCCCOCCOC)cc(Cl)n1. The molecule has 1 rings (SSSR count). The van der Waals surface area contributed by atoms with Crippen molar-refractivity contribution in [1.29, 1.82) is 0 Å². The summed E-state index contributed by atoms with van der Waals surface area (Å²) in [6.45, 7) is 4.01. The van der Waals surface area contributed by atoms with E-state index in [0.717, 1.165) is 18.5 Å². The second-order valence-electron chi connectivity index (χ2n) is 4.51. The van der Waals surface area contributed by atoms with E-state index in [-0.39, 0.29) is 5.97 Å². The first kappa shape index (κ1) is 17.9. The Labute approximate surface area is 130 Å². The molecular formula is C15H22ClNO4. The Morgan fingerprint density at radius 3 is 2.76 bits per heavy atom. The van der Waals surface area contributed by atoms with Crippen LogP contribution in [0.3, 0.4) is 0 Å². The Morgan fingerprint density at radius 2 is 2.05 bits per heavy atom. The third-order valence-corrected chi connectivity index (χ3v) is 2.88. The molecule has 0 aliphatic rings. The number of nitrogens with zero attached hydrogens (tertiary/aromatic N) is 1. The minimum Gasteiger partial charge on any atom is -0.462 e. The molecule has 21 heavy (non-hydrogen) atoms. The molecule has 6 heteroatoms. The van der Waals surface area contributed by atoms with Crippen LogP contribution in [-0.2, 0) is 20.6 Å². The highest BCUT2D eigenvalue weighted by atomic mass is 35.5. The highest BCUT2D eigenvalue weighted by Crippen LogP contribution is 2.13. The van der Waals surface area contributed by atoms with Gasteiger partial charge in [0.1, 0.15) is 5.15 Å². The lowest BCUT2D eigenvalue weighted by atomic mass is 10.2. The molecule has 1 aromatic heterocycles. The van der Waals surface area contributed by atoms with Crippen LogP contribution < -0.4 is 0 Å². The van der Waals surface area contributed by atoms with Crippen LogP contribution in [0.1, 0.15) is 35.8 Å². The molecule has 0 N–H and O–H groups in total. The fourth-order valence-electron chi connectivity index (χ4n) is 1.71. The minimum absolute atomic E-state index is 0.314. The first-order chi connectivity index (χ1) is 10.2. The van der Waals surface area contributed by atoms with E-state index in [9.17, 15) is 4.79 Å². The van der Waals surface area contributed by atoms with Gasteiger partial charge in [0.05, 0.1) is 25.4 Å². The van der Waals surface area contributed by atoms with Crippen molar-refractivity contribution in [2.45, 2.75) is 26.2 Å². The third-order valence-electron chi connectivity index (χ3n) is 2.69. The molecule has 0 amide bonds. The van der Waals surface area contributed by atoms with Gasteiger partial charge in [0.25, 0.3) is 0 Å². The summed E-state index contributed by atoms with van der Waals surface area (Å²) in [5.41, 5.74) is 1.25. The normalized spacial score (nSPS) is 10.6. The fourth-order valence-corrected chi connectivity index (χ4v) is 1.93. The summed E-state index contributed by atoms with van der Waals surface area (Å²) in [6.07, 6.45) is 2.38. The summed E-state index contributed by atoms with van der Waals surface area (Å²) in [7, 11) is 1.62. The van der Waals surface area contributed by atoms with Gasteiger partial charge in [0, 0.05) is 25.8 Å². The lowest BCUT2D eigenvalue weighted by Gasteiger charge is -2.07. The first-order valence-electron chi connectivity index (χ1n) is 7.07. The number of carbonyl (C=O) groups excluding carboxylic acids is 1. The van der Waals surface area contributed by atoms with E-state index in [1.807, 2.05) is 6.92 Å². The molecule has 1 heterocycles. The van der Waals surface area contributed by atoms with Crippen molar-refractivity contribution in [3.63, 3.8) is 0 Å². The zero-order chi connectivity index (χ0) is 15.5. The fraction of sp³-hybridized carbons (Fsp3) is 0.600. The van der Waals surface area contributed by atoms with E-state index < -0.39 is 0 Å². The minimum atomic E-state index is -0.381. The maximum atomic E-state index is 11.9. The van der Waals surface area contributed by atoms with Gasteiger partial charge in [0.2, 0.25) is 0 Å². The molecule has 0 aliphatic carbocycles. The lowest BCUT2D eigenvalue weighted by molar-refractivity contribution is 0.0385. The third kappa shape index (κ3) is 7.41. The van der Waals surface area contributed by atoms with Crippen LogP contribution in [0.2, 0.25) is 5.15 Å². The van der Waals surface area contributed by atoms with E-state index in [0.29, 0.717) is 43.6 Å². The molecule has 0 atom stereocenters. The van der Waals surface area contributed by atoms with Crippen molar-refractivity contribution < 1.29 is 19.0 Å². The molecular weight excluding hydrogens is 294 g/mol. The maximum Gasteiger partial charge on any atom is 0.338 e. The highest BCUT2D eigenvalue weighted by Gasteiger charge is 2.10. The maximum absolute atomic E-state index is 11.9. The summed E-state index contributed by atoms with van der Waals surface area (Å²) < 4.78 is 15.3. The van der Waals surface area contributed by atoms with Gasteiger partial charge < -0.3 is 14.2 Å². The van der Waals surface area contributed by atoms with Gasteiger partial charge in [-0.3, -0.25) is 0 Å². The van der Waals surface area contributed by atoms with Crippen LogP contribution in [0.15, 0.2) is 12.1 Å². The van der Waals surface area contributed by atoms with E-state index >= 15 is 0 Å². The molecule has 0 saturated carbocycles. The predicted molar refractivity (Wildman–Crippen MR) is 80.8 cm³/mol. The number of hydrogen-bond donors (Lipinski definition) is 0. The number of esters is 1. The number of rotatable bonds is 10. The van der Waals surface area contributed by atoms with Crippen LogP contribution in [0.5, 0.6) is 0 Å². The molecule has 1 aromatic rings. The van der Waals surface area contributed by atoms with E-state index in [4.69, 9.17) is 25.8 Å². The van der Waals surface area contributed by atoms with Crippen molar-refractivity contribution in [2.75, 3.05) is 33.5 Å². The van der Waals surface area contributed by atoms with Crippen molar-refractivity contribution in [1.82, 2.24) is 4.98 Å². The predicted octanol–water partition coefficient (Wildman–Crippen LogP) is 2.90. The van der Waals surface area contributed by atoms with Gasteiger partial charge in [0.15, 0.2) is 0 Å². The number of aryl methyl sites for hydroxylation is 1.